The third-order valence-electron chi connectivity index (χ3n) is 6.05. The summed E-state index contributed by atoms with van der Waals surface area (Å²) in [6.07, 6.45) is 2.60. The van der Waals surface area contributed by atoms with Crippen LogP contribution in [0, 0.1) is 18.3 Å². The zero-order valence-corrected chi connectivity index (χ0v) is 20.8. The summed E-state index contributed by atoms with van der Waals surface area (Å²) in [5, 5.41) is 10.6. The van der Waals surface area contributed by atoms with E-state index < -0.39 is 23.8 Å². The van der Waals surface area contributed by atoms with Gasteiger partial charge in [0.1, 0.15) is 17.3 Å². The van der Waals surface area contributed by atoms with Crippen LogP contribution in [-0.4, -0.2) is 32.4 Å². The number of methoxy groups -OCH3 is 2. The Morgan fingerprint density at radius 3 is 2.08 bits per heavy atom. The van der Waals surface area contributed by atoms with Crippen LogP contribution in [-0.2, 0) is 29.4 Å². The van der Waals surface area contributed by atoms with E-state index in [2.05, 4.69) is 6.07 Å². The molecule has 1 heterocycles. The van der Waals surface area contributed by atoms with E-state index in [1.54, 1.807) is 41.3 Å². The van der Waals surface area contributed by atoms with Crippen molar-refractivity contribution in [3.63, 3.8) is 0 Å². The number of carbonyl (C=O) groups excluding carboxylic acids is 2. The summed E-state index contributed by atoms with van der Waals surface area (Å²) in [7, 11) is 2.41. The number of rotatable bonds is 6. The lowest BCUT2D eigenvalue weighted by atomic mass is 9.83. The average Bonchev–Trinajstić information content (AvgIpc) is 2.95. The van der Waals surface area contributed by atoms with Gasteiger partial charge in [0.15, 0.2) is 6.23 Å². The lowest BCUT2D eigenvalue weighted by Crippen LogP contribution is -2.53. The molecule has 186 valence electrons. The minimum Gasteiger partial charge on any atom is -0.465 e. The lowest BCUT2D eigenvalue weighted by Gasteiger charge is -2.44. The molecule has 0 amide bonds. The molecule has 0 spiro atoms. The maximum atomic E-state index is 13.4. The Hall–Kier alpha value is -4.67. The van der Waals surface area contributed by atoms with Gasteiger partial charge in [0.2, 0.25) is 5.60 Å². The number of benzene rings is 3. The highest BCUT2D eigenvalue weighted by Gasteiger charge is 2.53. The van der Waals surface area contributed by atoms with Gasteiger partial charge in [-0.2, -0.15) is 5.26 Å². The van der Waals surface area contributed by atoms with E-state index in [4.69, 9.17) is 14.2 Å². The molecule has 37 heavy (non-hydrogen) atoms. The molecule has 0 fully saturated rings. The molecule has 7 nitrogen and oxygen atoms in total. The minimum atomic E-state index is -1.95. The van der Waals surface area contributed by atoms with Gasteiger partial charge in [0.05, 0.1) is 14.2 Å². The Kier molecular flexibility index (Phi) is 7.52. The van der Waals surface area contributed by atoms with Crippen molar-refractivity contribution in [2.75, 3.05) is 19.1 Å². The van der Waals surface area contributed by atoms with Crippen molar-refractivity contribution in [3.05, 3.63) is 119 Å². The highest BCUT2D eigenvalue weighted by Crippen LogP contribution is 2.45. The molecular weight excluding hydrogens is 468 g/mol. The van der Waals surface area contributed by atoms with Crippen LogP contribution in [0.5, 0.6) is 0 Å². The first-order valence-corrected chi connectivity index (χ1v) is 11.6. The summed E-state index contributed by atoms with van der Waals surface area (Å²) < 4.78 is 16.7. The Morgan fingerprint density at radius 2 is 1.51 bits per heavy atom. The second-order valence-electron chi connectivity index (χ2n) is 8.35. The lowest BCUT2D eigenvalue weighted by molar-refractivity contribution is -0.144. The SMILES string of the molecule is COC(=O)C1=C(C(=O)OC)[C@@](C#N)(c2ccccc2)OC(/C=C/c2ccccc2)N1c1ccc(C)cc1. The molecule has 3 aromatic carbocycles. The summed E-state index contributed by atoms with van der Waals surface area (Å²) in [6.45, 7) is 1.94. The van der Waals surface area contributed by atoms with Crippen molar-refractivity contribution in [1.82, 2.24) is 0 Å². The largest absolute Gasteiger partial charge is 0.465 e. The molecule has 3 aromatic rings. The van der Waals surface area contributed by atoms with Crippen LogP contribution in [0.1, 0.15) is 16.7 Å². The summed E-state index contributed by atoms with van der Waals surface area (Å²) in [5.74, 6) is -1.69. The van der Waals surface area contributed by atoms with Crippen LogP contribution >= 0.6 is 0 Å². The van der Waals surface area contributed by atoms with Gasteiger partial charge in [-0.25, -0.2) is 9.59 Å². The first-order valence-electron chi connectivity index (χ1n) is 11.6. The normalized spacial score (nSPS) is 19.4. The number of ether oxygens (including phenoxy) is 3. The first kappa shape index (κ1) is 25.4. The quantitative estimate of drug-likeness (QED) is 0.451. The predicted octanol–water partition coefficient (Wildman–Crippen LogP) is 4.89. The Balaban J connectivity index is 2.06. The summed E-state index contributed by atoms with van der Waals surface area (Å²) >= 11 is 0. The van der Waals surface area contributed by atoms with E-state index in [-0.39, 0.29) is 11.3 Å². The van der Waals surface area contributed by atoms with E-state index in [0.29, 0.717) is 11.3 Å². The van der Waals surface area contributed by atoms with Crippen LogP contribution in [0.2, 0.25) is 0 Å². The van der Waals surface area contributed by atoms with Crippen LogP contribution in [0.25, 0.3) is 6.08 Å². The maximum Gasteiger partial charge on any atom is 0.355 e. The van der Waals surface area contributed by atoms with Gasteiger partial charge in [-0.05, 0) is 30.7 Å². The molecule has 0 aromatic heterocycles. The number of carbonyl (C=O) groups is 2. The van der Waals surface area contributed by atoms with E-state index >= 15 is 0 Å². The third kappa shape index (κ3) is 4.88. The highest BCUT2D eigenvalue weighted by atomic mass is 16.6. The average molecular weight is 495 g/mol. The smallest absolute Gasteiger partial charge is 0.355 e. The van der Waals surface area contributed by atoms with E-state index in [1.165, 1.54) is 14.2 Å². The van der Waals surface area contributed by atoms with Crippen molar-refractivity contribution < 1.29 is 23.8 Å². The van der Waals surface area contributed by atoms with Gasteiger partial charge in [-0.15, -0.1) is 0 Å². The second-order valence-corrected chi connectivity index (χ2v) is 8.35. The zero-order valence-electron chi connectivity index (χ0n) is 20.8. The number of aryl methyl sites for hydroxylation is 1. The molecule has 0 N–H and O–H groups in total. The first-order chi connectivity index (χ1) is 17.9. The van der Waals surface area contributed by atoms with Crippen molar-refractivity contribution in [2.24, 2.45) is 0 Å². The molecule has 0 aliphatic carbocycles. The van der Waals surface area contributed by atoms with E-state index in [9.17, 15) is 14.9 Å². The maximum absolute atomic E-state index is 13.4. The van der Waals surface area contributed by atoms with Gasteiger partial charge >= 0.3 is 11.9 Å². The fourth-order valence-electron chi connectivity index (χ4n) is 4.24. The van der Waals surface area contributed by atoms with E-state index in [1.807, 2.05) is 67.6 Å². The summed E-state index contributed by atoms with van der Waals surface area (Å²) in [4.78, 5) is 28.2. The molecule has 0 bridgehead atoms. The number of esters is 2. The van der Waals surface area contributed by atoms with Gasteiger partial charge in [-0.3, -0.25) is 0 Å². The number of hydrogen-bond donors (Lipinski definition) is 0. The standard InChI is InChI=1S/C30H26N2O5/c1-21-14-17-24(18-15-21)32-25(19-16-22-10-6-4-7-11-22)37-30(20-31,23-12-8-5-9-13-23)26(28(33)35-2)27(32)29(34)36-3/h4-19,25H,1-3H3/b19-16+/t25?,30-/m1/s1. The Labute approximate surface area is 215 Å². The fourth-order valence-corrected chi connectivity index (χ4v) is 4.24. The molecule has 1 unspecified atom stereocenters. The molecular formula is C30H26N2O5. The highest BCUT2D eigenvalue weighted by molar-refractivity contribution is 6.05. The molecule has 7 heteroatoms. The van der Waals surface area contributed by atoms with Gasteiger partial charge in [0.25, 0.3) is 0 Å². The predicted molar refractivity (Wildman–Crippen MR) is 139 cm³/mol. The van der Waals surface area contributed by atoms with Gasteiger partial charge < -0.3 is 19.1 Å². The molecule has 0 saturated carbocycles. The van der Waals surface area contributed by atoms with Crippen LogP contribution < -0.4 is 4.90 Å². The second kappa shape index (κ2) is 10.9. The Bertz CT molecular complexity index is 1370. The van der Waals surface area contributed by atoms with Crippen LogP contribution in [0.4, 0.5) is 5.69 Å². The molecule has 2 atom stereocenters. The zero-order chi connectivity index (χ0) is 26.4. The van der Waals surface area contributed by atoms with Crippen molar-refractivity contribution in [1.29, 1.82) is 5.26 Å². The van der Waals surface area contributed by atoms with E-state index in [0.717, 1.165) is 11.1 Å². The molecule has 1 aliphatic heterocycles. The topological polar surface area (TPSA) is 88.9 Å². The number of nitrogens with zero attached hydrogens (tertiary/aromatic N) is 2. The third-order valence-corrected chi connectivity index (χ3v) is 6.05. The van der Waals surface area contributed by atoms with Crippen molar-refractivity contribution in [2.45, 2.75) is 18.8 Å². The number of nitriles is 1. The van der Waals surface area contributed by atoms with Crippen LogP contribution in [0.3, 0.4) is 0 Å². The summed E-state index contributed by atoms with van der Waals surface area (Å²) in [6, 6.07) is 27.7. The van der Waals surface area contributed by atoms with Gasteiger partial charge in [-0.1, -0.05) is 84.4 Å². The number of hydrogen-bond acceptors (Lipinski definition) is 7. The molecule has 0 radical (unpaired) electrons. The molecule has 4 rings (SSSR count). The van der Waals surface area contributed by atoms with Crippen molar-refractivity contribution in [3.8, 4) is 6.07 Å². The minimum absolute atomic E-state index is 0.141. The van der Waals surface area contributed by atoms with Crippen LogP contribution in [0.15, 0.2) is 102 Å². The Morgan fingerprint density at radius 1 is 0.919 bits per heavy atom. The molecule has 0 saturated heterocycles. The summed E-state index contributed by atoms with van der Waals surface area (Å²) in [5.41, 5.74) is 0.476. The fraction of sp³-hybridized carbons (Fsp3) is 0.167. The van der Waals surface area contributed by atoms with Gasteiger partial charge in [0, 0.05) is 11.3 Å². The monoisotopic (exact) mass is 494 g/mol. The molecule has 1 aliphatic rings. The number of anilines is 1. The van der Waals surface area contributed by atoms with Crippen molar-refractivity contribution >= 4 is 23.7 Å².